The molecule has 0 fully saturated rings. The van der Waals surface area contributed by atoms with Crippen LogP contribution in [0.15, 0.2) is 82.4 Å². The fourth-order valence-electron chi connectivity index (χ4n) is 4.57. The highest BCUT2D eigenvalue weighted by Gasteiger charge is 2.31. The minimum Gasteiger partial charge on any atom is -0.481 e. The van der Waals surface area contributed by atoms with Crippen molar-refractivity contribution in [2.24, 2.45) is 0 Å². The Morgan fingerprint density at radius 3 is 1.76 bits per heavy atom. The summed E-state index contributed by atoms with van der Waals surface area (Å²) in [7, 11) is 0. The molecule has 5 aromatic rings. The van der Waals surface area contributed by atoms with E-state index in [4.69, 9.17) is 11.2 Å². The third-order valence-electron chi connectivity index (χ3n) is 6.40. The van der Waals surface area contributed by atoms with Crippen LogP contribution in [0.25, 0.3) is 22.5 Å². The number of aryl methyl sites for hydroxylation is 2. The molecule has 0 aliphatic carbocycles. The second-order valence-corrected chi connectivity index (χ2v) is 8.97. The first kappa shape index (κ1) is 23.8. The summed E-state index contributed by atoms with van der Waals surface area (Å²) in [5.41, 5.74) is 6.01. The van der Waals surface area contributed by atoms with E-state index in [2.05, 4.69) is 26.3 Å². The molecule has 4 N–H and O–H groups in total. The highest BCUT2D eigenvalue weighted by atomic mass is 16.5. The van der Waals surface area contributed by atoms with Crippen LogP contribution in [0.2, 0.25) is 0 Å². The molecule has 0 spiro atoms. The number of H-pyrrole nitrogens is 4. The van der Waals surface area contributed by atoms with Crippen molar-refractivity contribution in [2.45, 2.75) is 19.8 Å². The molecule has 0 aliphatic heterocycles. The van der Waals surface area contributed by atoms with E-state index in [1.807, 2.05) is 80.6 Å². The van der Waals surface area contributed by atoms with Crippen molar-refractivity contribution in [3.8, 4) is 40.6 Å². The predicted molar refractivity (Wildman–Crippen MR) is 145 cm³/mol. The van der Waals surface area contributed by atoms with Crippen molar-refractivity contribution >= 4 is 0 Å². The number of terminal acetylenes is 1. The van der Waals surface area contributed by atoms with E-state index in [-0.39, 0.29) is 17.7 Å². The van der Waals surface area contributed by atoms with Crippen molar-refractivity contribution in [3.63, 3.8) is 0 Å². The summed E-state index contributed by atoms with van der Waals surface area (Å²) in [6.45, 7) is 4.11. The van der Waals surface area contributed by atoms with Crippen LogP contribution in [0.3, 0.4) is 0 Å². The zero-order chi connectivity index (χ0) is 25.9. The highest BCUT2D eigenvalue weighted by molar-refractivity contribution is 5.71. The first-order chi connectivity index (χ1) is 18.0. The number of nitrogens with one attached hydrogen (secondary N) is 4. The minimum atomic E-state index is -0.716. The Morgan fingerprint density at radius 1 is 0.757 bits per heavy atom. The molecule has 7 heteroatoms. The summed E-state index contributed by atoms with van der Waals surface area (Å²) >= 11 is 0. The lowest BCUT2D eigenvalue weighted by molar-refractivity contribution is 0.370. The molecule has 0 saturated heterocycles. The van der Waals surface area contributed by atoms with Gasteiger partial charge in [-0.25, -0.2) is 0 Å². The number of rotatable bonds is 7. The number of aromatic nitrogens is 4. The predicted octanol–water partition coefficient (Wildman–Crippen LogP) is 4.86. The molecule has 0 bridgehead atoms. The summed E-state index contributed by atoms with van der Waals surface area (Å²) in [5.74, 6) is 2.30. The van der Waals surface area contributed by atoms with Gasteiger partial charge < -0.3 is 4.74 Å². The van der Waals surface area contributed by atoms with Crippen molar-refractivity contribution in [1.82, 2.24) is 20.4 Å². The topological polar surface area (TPSA) is 107 Å². The second kappa shape index (κ2) is 9.96. The van der Waals surface area contributed by atoms with Gasteiger partial charge in [0.1, 0.15) is 12.4 Å². The summed E-state index contributed by atoms with van der Waals surface area (Å²) in [6, 6.07) is 23.0. The molecule has 0 unspecified atom stereocenters. The van der Waals surface area contributed by atoms with Crippen LogP contribution in [0.5, 0.6) is 5.75 Å². The van der Waals surface area contributed by atoms with E-state index in [0.717, 1.165) is 22.3 Å². The number of ether oxygens (including phenoxy) is 1. The van der Waals surface area contributed by atoms with Crippen molar-refractivity contribution in [2.75, 3.05) is 6.61 Å². The van der Waals surface area contributed by atoms with E-state index in [9.17, 15) is 9.59 Å². The van der Waals surface area contributed by atoms with Crippen LogP contribution in [0, 0.1) is 26.2 Å². The molecule has 7 nitrogen and oxygen atoms in total. The third kappa shape index (κ3) is 4.65. The fourth-order valence-corrected chi connectivity index (χ4v) is 4.57. The number of hydrogen-bond acceptors (Lipinski definition) is 3. The van der Waals surface area contributed by atoms with Gasteiger partial charge in [0.2, 0.25) is 0 Å². The number of hydrogen-bond donors (Lipinski definition) is 4. The second-order valence-electron chi connectivity index (χ2n) is 8.97. The van der Waals surface area contributed by atoms with Crippen molar-refractivity contribution in [1.29, 1.82) is 0 Å². The molecule has 5 rings (SSSR count). The Balaban J connectivity index is 1.78. The largest absolute Gasteiger partial charge is 0.481 e. The lowest BCUT2D eigenvalue weighted by Crippen LogP contribution is -2.20. The fraction of sp³-hybridized carbons (Fsp3) is 0.133. The first-order valence-electron chi connectivity index (χ1n) is 11.9. The van der Waals surface area contributed by atoms with Gasteiger partial charge in [0.25, 0.3) is 11.1 Å². The first-order valence-corrected chi connectivity index (χ1v) is 11.9. The Bertz CT molecular complexity index is 1600. The lowest BCUT2D eigenvalue weighted by atomic mass is 9.83. The molecule has 3 aromatic carbocycles. The van der Waals surface area contributed by atoms with Crippen molar-refractivity contribution in [3.05, 3.63) is 121 Å². The zero-order valence-corrected chi connectivity index (χ0v) is 20.5. The van der Waals surface area contributed by atoms with Crippen LogP contribution in [0.4, 0.5) is 0 Å². The molecule has 2 aromatic heterocycles. The standard InChI is InChI=1S/C30H26N4O3/c1-4-16-37-23-7-5-6-22(17-23)24(25-27(31-33-29(25)35)20-12-8-18(2)9-13-20)26-28(32-34-30(26)36)21-14-10-19(3)11-15-21/h1,5-15,17,24H,16H2,2-3H3,(H2,31,33,35)(H2,32,34,36). The average molecular weight is 491 g/mol. The number of aromatic amines is 4. The normalized spacial score (nSPS) is 11.0. The molecule has 2 heterocycles. The molecule has 0 atom stereocenters. The van der Waals surface area contributed by atoms with Crippen LogP contribution in [0.1, 0.15) is 33.7 Å². The molecule has 184 valence electrons. The summed E-state index contributed by atoms with van der Waals surface area (Å²) in [6.07, 6.45) is 5.38. The smallest absolute Gasteiger partial charge is 0.268 e. The van der Waals surface area contributed by atoms with Gasteiger partial charge in [-0.2, -0.15) is 0 Å². The molecule has 0 amide bonds. The number of benzene rings is 3. The van der Waals surface area contributed by atoms with Gasteiger partial charge >= 0.3 is 0 Å². The van der Waals surface area contributed by atoms with Gasteiger partial charge in [0.05, 0.1) is 22.5 Å². The summed E-state index contributed by atoms with van der Waals surface area (Å²) in [4.78, 5) is 26.8. The third-order valence-corrected chi connectivity index (χ3v) is 6.40. The van der Waals surface area contributed by atoms with Gasteiger partial charge in [0, 0.05) is 5.92 Å². The minimum absolute atomic E-state index is 0.104. The monoisotopic (exact) mass is 490 g/mol. The molecular formula is C30H26N4O3. The van der Waals surface area contributed by atoms with Gasteiger partial charge in [-0.15, -0.1) is 6.42 Å². The zero-order valence-electron chi connectivity index (χ0n) is 20.5. The van der Waals surface area contributed by atoms with E-state index < -0.39 is 5.92 Å². The molecule has 0 saturated carbocycles. The van der Waals surface area contributed by atoms with Gasteiger partial charge in [-0.1, -0.05) is 77.7 Å². The van der Waals surface area contributed by atoms with E-state index in [0.29, 0.717) is 33.8 Å². The maximum absolute atomic E-state index is 13.4. The maximum Gasteiger partial charge on any atom is 0.268 e. The quantitative estimate of drug-likeness (QED) is 0.245. The van der Waals surface area contributed by atoms with E-state index in [1.54, 1.807) is 6.07 Å². The molecular weight excluding hydrogens is 464 g/mol. The lowest BCUT2D eigenvalue weighted by Gasteiger charge is -2.19. The summed E-state index contributed by atoms with van der Waals surface area (Å²) < 4.78 is 5.67. The van der Waals surface area contributed by atoms with Gasteiger partial charge in [0.15, 0.2) is 0 Å². The molecule has 0 aliphatic rings. The SMILES string of the molecule is C#CCOc1cccc(C(c2c(-c3ccc(C)cc3)[nH][nH]c2=O)c2c(-c3ccc(C)cc3)[nH][nH]c2=O)c1. The van der Waals surface area contributed by atoms with Crippen LogP contribution in [-0.4, -0.2) is 27.0 Å². The van der Waals surface area contributed by atoms with Gasteiger partial charge in [-0.05, 0) is 42.7 Å². The summed E-state index contributed by atoms with van der Waals surface area (Å²) in [5, 5.41) is 11.6. The van der Waals surface area contributed by atoms with Gasteiger partial charge in [-0.3, -0.25) is 30.0 Å². The molecule has 37 heavy (non-hydrogen) atoms. The van der Waals surface area contributed by atoms with Crippen LogP contribution in [-0.2, 0) is 0 Å². The van der Waals surface area contributed by atoms with Crippen LogP contribution < -0.4 is 15.9 Å². The maximum atomic E-state index is 13.4. The van der Waals surface area contributed by atoms with E-state index in [1.165, 1.54) is 0 Å². The highest BCUT2D eigenvalue weighted by Crippen LogP contribution is 2.38. The Morgan fingerprint density at radius 2 is 1.27 bits per heavy atom. The van der Waals surface area contributed by atoms with Crippen LogP contribution >= 0.6 is 0 Å². The Kier molecular flexibility index (Phi) is 6.40. The Hall–Kier alpha value is -4.96. The Labute approximate surface area is 213 Å². The average Bonchev–Trinajstić information content (AvgIpc) is 3.47. The van der Waals surface area contributed by atoms with E-state index >= 15 is 0 Å². The molecule has 0 radical (unpaired) electrons. The van der Waals surface area contributed by atoms with Crippen molar-refractivity contribution < 1.29 is 4.74 Å².